The van der Waals surface area contributed by atoms with Crippen LogP contribution in [0.15, 0.2) is 33.1 Å². The normalized spacial score (nSPS) is 18.4. The highest BCUT2D eigenvalue weighted by molar-refractivity contribution is 6.29. The van der Waals surface area contributed by atoms with Crippen LogP contribution >= 0.6 is 11.6 Å². The summed E-state index contributed by atoms with van der Waals surface area (Å²) in [5.41, 5.74) is 1.18. The van der Waals surface area contributed by atoms with Crippen molar-refractivity contribution in [1.82, 2.24) is 0 Å². The van der Waals surface area contributed by atoms with Crippen LogP contribution in [0.25, 0.3) is 0 Å². The zero-order valence-electron chi connectivity index (χ0n) is 5.13. The first-order valence-electron chi connectivity index (χ1n) is 2.69. The van der Waals surface area contributed by atoms with Crippen LogP contribution in [0.5, 0.6) is 0 Å². The molecule has 0 radical (unpaired) electrons. The first kappa shape index (κ1) is 6.49. The van der Waals surface area contributed by atoms with Crippen LogP contribution in [-0.2, 0) is 0 Å². The monoisotopic (exact) mass is 142 g/mol. The van der Waals surface area contributed by atoms with Crippen molar-refractivity contribution in [3.8, 4) is 0 Å². The first-order chi connectivity index (χ1) is 4.29. The quantitative estimate of drug-likeness (QED) is 0.465. The summed E-state index contributed by atoms with van der Waals surface area (Å²) in [5.74, 6) is 0. The highest BCUT2D eigenvalue weighted by Gasteiger charge is 1.91. The third-order valence-electron chi connectivity index (χ3n) is 0.992. The van der Waals surface area contributed by atoms with Gasteiger partial charge in [-0.15, -0.1) is 5.11 Å². The van der Waals surface area contributed by atoms with Crippen molar-refractivity contribution in [3.63, 3.8) is 0 Å². The second-order valence-electron chi connectivity index (χ2n) is 1.90. The zero-order chi connectivity index (χ0) is 6.69. The fourth-order valence-corrected chi connectivity index (χ4v) is 0.628. The van der Waals surface area contributed by atoms with Crippen molar-refractivity contribution in [1.29, 1.82) is 0 Å². The summed E-state index contributed by atoms with van der Waals surface area (Å²) in [6, 6.07) is 0. The van der Waals surface area contributed by atoms with Crippen molar-refractivity contribution in [2.45, 2.75) is 6.92 Å². The van der Waals surface area contributed by atoms with E-state index in [1.54, 1.807) is 6.08 Å². The molecule has 2 nitrogen and oxygen atoms in total. The number of hydrogen-bond acceptors (Lipinski definition) is 2. The maximum absolute atomic E-state index is 5.54. The Morgan fingerprint density at radius 3 is 3.11 bits per heavy atom. The zero-order valence-corrected chi connectivity index (χ0v) is 5.89. The number of azo groups is 1. The summed E-state index contributed by atoms with van der Waals surface area (Å²) in [5, 5.41) is 7.91. The molecule has 0 spiro atoms. The van der Waals surface area contributed by atoms with Gasteiger partial charge in [-0.2, -0.15) is 5.11 Å². The van der Waals surface area contributed by atoms with Crippen molar-refractivity contribution < 1.29 is 0 Å². The van der Waals surface area contributed by atoms with Crippen LogP contribution in [0.1, 0.15) is 6.92 Å². The standard InChI is InChI=1S/C6H7ClN2/c1-5-2-3-6(7)9-8-4-5/h2-3H,4H2,1H3. The number of rotatable bonds is 0. The van der Waals surface area contributed by atoms with Crippen molar-refractivity contribution in [2.24, 2.45) is 10.2 Å². The molecule has 1 aliphatic heterocycles. The maximum atomic E-state index is 5.54. The summed E-state index contributed by atoms with van der Waals surface area (Å²) in [4.78, 5) is 0. The van der Waals surface area contributed by atoms with Gasteiger partial charge in [0.2, 0.25) is 0 Å². The number of nitrogens with zero attached hydrogens (tertiary/aromatic N) is 2. The Kier molecular flexibility index (Phi) is 2.01. The van der Waals surface area contributed by atoms with Crippen LogP contribution < -0.4 is 0 Å². The Hall–Kier alpha value is -0.630. The van der Waals surface area contributed by atoms with E-state index >= 15 is 0 Å². The Labute approximate surface area is 58.9 Å². The summed E-state index contributed by atoms with van der Waals surface area (Å²) in [6.07, 6.45) is 3.66. The van der Waals surface area contributed by atoms with Crippen LogP contribution in [0.3, 0.4) is 0 Å². The van der Waals surface area contributed by atoms with E-state index in [9.17, 15) is 0 Å². The van der Waals surface area contributed by atoms with Gasteiger partial charge in [0.05, 0.1) is 6.54 Å². The molecular weight excluding hydrogens is 136 g/mol. The third kappa shape index (κ3) is 1.98. The fraction of sp³-hybridized carbons (Fsp3) is 0.333. The molecule has 0 aromatic carbocycles. The Bertz CT molecular complexity index is 191. The SMILES string of the molecule is CC1=CC=C(Cl)N=NC1. The maximum Gasteiger partial charge on any atom is 0.151 e. The third-order valence-corrected chi connectivity index (χ3v) is 1.19. The van der Waals surface area contributed by atoms with Gasteiger partial charge in [-0.1, -0.05) is 23.3 Å². The predicted octanol–water partition coefficient (Wildman–Crippen LogP) is 2.48. The van der Waals surface area contributed by atoms with Crippen molar-refractivity contribution in [2.75, 3.05) is 6.54 Å². The van der Waals surface area contributed by atoms with E-state index < -0.39 is 0 Å². The minimum atomic E-state index is 0.451. The van der Waals surface area contributed by atoms with Crippen LogP contribution in [0.2, 0.25) is 0 Å². The highest BCUT2D eigenvalue weighted by Crippen LogP contribution is 2.09. The number of allylic oxidation sites excluding steroid dienone is 2. The Morgan fingerprint density at radius 1 is 1.56 bits per heavy atom. The second-order valence-corrected chi connectivity index (χ2v) is 2.29. The van der Waals surface area contributed by atoms with E-state index in [-0.39, 0.29) is 0 Å². The van der Waals surface area contributed by atoms with Gasteiger partial charge in [-0.3, -0.25) is 0 Å². The topological polar surface area (TPSA) is 24.7 Å². The highest BCUT2D eigenvalue weighted by atomic mass is 35.5. The summed E-state index contributed by atoms with van der Waals surface area (Å²) >= 11 is 5.54. The van der Waals surface area contributed by atoms with Gasteiger partial charge in [0.15, 0.2) is 5.16 Å². The molecule has 9 heavy (non-hydrogen) atoms. The molecule has 1 aliphatic rings. The lowest BCUT2D eigenvalue weighted by atomic mass is 10.3. The van der Waals surface area contributed by atoms with Gasteiger partial charge in [0.25, 0.3) is 0 Å². The summed E-state index contributed by atoms with van der Waals surface area (Å²) < 4.78 is 0. The van der Waals surface area contributed by atoms with E-state index in [1.807, 2.05) is 13.0 Å². The lowest BCUT2D eigenvalue weighted by Crippen LogP contribution is -1.76. The Balaban J connectivity index is 2.80. The van der Waals surface area contributed by atoms with Gasteiger partial charge >= 0.3 is 0 Å². The summed E-state index contributed by atoms with van der Waals surface area (Å²) in [7, 11) is 0. The van der Waals surface area contributed by atoms with E-state index in [2.05, 4.69) is 10.2 Å². The molecule has 0 aliphatic carbocycles. The Morgan fingerprint density at radius 2 is 2.33 bits per heavy atom. The van der Waals surface area contributed by atoms with Gasteiger partial charge in [-0.25, -0.2) is 0 Å². The number of halogens is 1. The van der Waals surface area contributed by atoms with E-state index in [4.69, 9.17) is 11.6 Å². The molecule has 1 rings (SSSR count). The van der Waals surface area contributed by atoms with E-state index in [0.717, 1.165) is 0 Å². The van der Waals surface area contributed by atoms with E-state index in [1.165, 1.54) is 5.57 Å². The lowest BCUT2D eigenvalue weighted by molar-refractivity contribution is 1.02. The largest absolute Gasteiger partial charge is 0.183 e. The van der Waals surface area contributed by atoms with Gasteiger partial charge in [-0.05, 0) is 13.0 Å². The average Bonchev–Trinajstić information content (AvgIpc) is 1.97. The molecule has 0 unspecified atom stereocenters. The molecule has 0 saturated heterocycles. The minimum absolute atomic E-state index is 0.451. The molecule has 48 valence electrons. The molecule has 0 aromatic rings. The van der Waals surface area contributed by atoms with Gasteiger partial charge in [0.1, 0.15) is 0 Å². The molecule has 0 amide bonds. The fourth-order valence-electron chi connectivity index (χ4n) is 0.512. The minimum Gasteiger partial charge on any atom is -0.183 e. The van der Waals surface area contributed by atoms with Crippen LogP contribution in [0.4, 0.5) is 0 Å². The van der Waals surface area contributed by atoms with Crippen LogP contribution in [-0.4, -0.2) is 6.54 Å². The molecule has 0 atom stereocenters. The molecule has 0 saturated carbocycles. The second kappa shape index (κ2) is 2.78. The molecule has 1 heterocycles. The molecular formula is C6H7ClN2. The average molecular weight is 143 g/mol. The molecule has 0 fully saturated rings. The smallest absolute Gasteiger partial charge is 0.151 e. The molecule has 0 N–H and O–H groups in total. The first-order valence-corrected chi connectivity index (χ1v) is 3.07. The molecule has 0 bridgehead atoms. The van der Waals surface area contributed by atoms with Crippen molar-refractivity contribution in [3.05, 3.63) is 22.9 Å². The molecule has 3 heteroatoms. The van der Waals surface area contributed by atoms with Gasteiger partial charge < -0.3 is 0 Å². The summed E-state index contributed by atoms with van der Waals surface area (Å²) in [6.45, 7) is 2.65. The van der Waals surface area contributed by atoms with Crippen LogP contribution in [0, 0.1) is 0 Å². The van der Waals surface area contributed by atoms with Crippen molar-refractivity contribution >= 4 is 11.6 Å². The molecule has 0 aromatic heterocycles. The number of hydrogen-bond donors (Lipinski definition) is 0. The predicted molar refractivity (Wildman–Crippen MR) is 37.4 cm³/mol. The van der Waals surface area contributed by atoms with E-state index in [0.29, 0.717) is 11.7 Å². The van der Waals surface area contributed by atoms with Gasteiger partial charge in [0, 0.05) is 0 Å². The lowest BCUT2D eigenvalue weighted by Gasteiger charge is -1.85.